The molecule has 0 aromatic heterocycles. The molecule has 19 heavy (non-hydrogen) atoms. The first-order valence-corrected chi connectivity index (χ1v) is 5.87. The number of carbonyl (C=O) groups is 1. The minimum atomic E-state index is -0.943. The number of aliphatic hydroxyl groups excluding tert-OH is 2. The van der Waals surface area contributed by atoms with Gasteiger partial charge in [-0.05, 0) is 6.07 Å². The lowest BCUT2D eigenvalue weighted by Gasteiger charge is -2.12. The van der Waals surface area contributed by atoms with Crippen LogP contribution in [0.1, 0.15) is 5.56 Å². The SMILES string of the molecule is COc1ccc(CC(=O)NCC(O)CO)c(OC)c1. The van der Waals surface area contributed by atoms with E-state index >= 15 is 0 Å². The molecule has 0 aliphatic rings. The zero-order valence-corrected chi connectivity index (χ0v) is 11.0. The van der Waals surface area contributed by atoms with E-state index in [1.54, 1.807) is 25.3 Å². The second-order valence-corrected chi connectivity index (χ2v) is 4.00. The largest absolute Gasteiger partial charge is 0.497 e. The molecule has 106 valence electrons. The second-order valence-electron chi connectivity index (χ2n) is 4.00. The van der Waals surface area contributed by atoms with E-state index in [9.17, 15) is 4.79 Å². The van der Waals surface area contributed by atoms with Crippen molar-refractivity contribution in [3.05, 3.63) is 23.8 Å². The molecular formula is C13H19NO5. The van der Waals surface area contributed by atoms with Gasteiger partial charge in [0, 0.05) is 18.2 Å². The van der Waals surface area contributed by atoms with Crippen molar-refractivity contribution in [2.75, 3.05) is 27.4 Å². The van der Waals surface area contributed by atoms with Crippen molar-refractivity contribution in [2.24, 2.45) is 0 Å². The van der Waals surface area contributed by atoms with Crippen molar-refractivity contribution in [3.8, 4) is 11.5 Å². The molecule has 0 bridgehead atoms. The van der Waals surface area contributed by atoms with Crippen LogP contribution in [0.3, 0.4) is 0 Å². The molecule has 1 aromatic carbocycles. The number of methoxy groups -OCH3 is 2. The van der Waals surface area contributed by atoms with Gasteiger partial charge in [0.05, 0.1) is 33.4 Å². The first-order valence-electron chi connectivity index (χ1n) is 5.87. The first-order chi connectivity index (χ1) is 9.10. The van der Waals surface area contributed by atoms with Gasteiger partial charge in [-0.1, -0.05) is 6.07 Å². The Labute approximate surface area is 112 Å². The zero-order valence-electron chi connectivity index (χ0n) is 11.0. The number of hydrogen-bond donors (Lipinski definition) is 3. The molecule has 0 aliphatic heterocycles. The van der Waals surface area contributed by atoms with E-state index in [1.165, 1.54) is 7.11 Å². The molecule has 1 aromatic rings. The summed E-state index contributed by atoms with van der Waals surface area (Å²) in [6.45, 7) is -0.361. The van der Waals surface area contributed by atoms with E-state index in [4.69, 9.17) is 19.7 Å². The number of aliphatic hydroxyl groups is 2. The molecule has 0 radical (unpaired) electrons. The van der Waals surface area contributed by atoms with Gasteiger partial charge in [-0.25, -0.2) is 0 Å². The first kappa shape index (κ1) is 15.3. The van der Waals surface area contributed by atoms with E-state index in [0.717, 1.165) is 5.56 Å². The summed E-state index contributed by atoms with van der Waals surface area (Å²) in [7, 11) is 3.07. The van der Waals surface area contributed by atoms with Crippen molar-refractivity contribution < 1.29 is 24.5 Å². The van der Waals surface area contributed by atoms with E-state index in [2.05, 4.69) is 5.32 Å². The fraction of sp³-hybridized carbons (Fsp3) is 0.462. The highest BCUT2D eigenvalue weighted by molar-refractivity contribution is 5.79. The monoisotopic (exact) mass is 269 g/mol. The molecule has 6 nitrogen and oxygen atoms in total. The predicted octanol–water partition coefficient (Wildman–Crippen LogP) is -0.284. The van der Waals surface area contributed by atoms with Gasteiger partial charge in [-0.3, -0.25) is 4.79 Å². The van der Waals surface area contributed by atoms with Crippen molar-refractivity contribution in [1.82, 2.24) is 5.32 Å². The molecule has 0 aliphatic carbocycles. The fourth-order valence-electron chi connectivity index (χ4n) is 1.53. The molecule has 0 fully saturated rings. The number of amides is 1. The summed E-state index contributed by atoms with van der Waals surface area (Å²) in [5, 5.41) is 20.3. The number of ether oxygens (including phenoxy) is 2. The van der Waals surface area contributed by atoms with E-state index < -0.39 is 6.10 Å². The van der Waals surface area contributed by atoms with Gasteiger partial charge in [0.1, 0.15) is 11.5 Å². The summed E-state index contributed by atoms with van der Waals surface area (Å²) in [5.74, 6) is 0.963. The number of carbonyl (C=O) groups excluding carboxylic acids is 1. The van der Waals surface area contributed by atoms with Gasteiger partial charge in [-0.2, -0.15) is 0 Å². The average Bonchev–Trinajstić information content (AvgIpc) is 2.45. The third kappa shape index (κ3) is 4.76. The molecule has 3 N–H and O–H groups in total. The van der Waals surface area contributed by atoms with Gasteiger partial charge in [0.25, 0.3) is 0 Å². The quantitative estimate of drug-likeness (QED) is 0.633. The predicted molar refractivity (Wildman–Crippen MR) is 69.4 cm³/mol. The molecule has 0 saturated carbocycles. The van der Waals surface area contributed by atoms with Crippen LogP contribution in [0.4, 0.5) is 0 Å². The molecule has 1 rings (SSSR count). The van der Waals surface area contributed by atoms with Gasteiger partial charge in [0.2, 0.25) is 5.91 Å². The molecule has 1 unspecified atom stereocenters. The summed E-state index contributed by atoms with van der Waals surface area (Å²) in [6.07, 6.45) is -0.813. The van der Waals surface area contributed by atoms with Crippen LogP contribution in [0.25, 0.3) is 0 Å². The summed E-state index contributed by atoms with van der Waals surface area (Å²) in [5.41, 5.74) is 0.722. The second kappa shape index (κ2) is 7.60. The smallest absolute Gasteiger partial charge is 0.224 e. The van der Waals surface area contributed by atoms with Gasteiger partial charge < -0.3 is 25.0 Å². The third-order valence-corrected chi connectivity index (χ3v) is 2.59. The van der Waals surface area contributed by atoms with Crippen LogP contribution >= 0.6 is 0 Å². The third-order valence-electron chi connectivity index (χ3n) is 2.59. The molecule has 6 heteroatoms. The van der Waals surface area contributed by atoms with Crippen LogP contribution in [0, 0.1) is 0 Å². The minimum Gasteiger partial charge on any atom is -0.497 e. The Kier molecular flexibility index (Phi) is 6.11. The molecule has 0 spiro atoms. The minimum absolute atomic E-state index is 0.0216. The maximum Gasteiger partial charge on any atom is 0.224 e. The topological polar surface area (TPSA) is 88.0 Å². The van der Waals surface area contributed by atoms with Crippen LogP contribution in [-0.2, 0) is 11.2 Å². The molecule has 0 saturated heterocycles. The highest BCUT2D eigenvalue weighted by atomic mass is 16.5. The standard InChI is InChI=1S/C13H19NO5/c1-18-11-4-3-9(12(6-11)19-2)5-13(17)14-7-10(16)8-15/h3-4,6,10,15-16H,5,7-8H2,1-2H3,(H,14,17). The number of nitrogens with one attached hydrogen (secondary N) is 1. The summed E-state index contributed by atoms with van der Waals surface area (Å²) in [4.78, 5) is 11.7. The van der Waals surface area contributed by atoms with Crippen molar-refractivity contribution >= 4 is 5.91 Å². The fourth-order valence-corrected chi connectivity index (χ4v) is 1.53. The van der Waals surface area contributed by atoms with Gasteiger partial charge in [-0.15, -0.1) is 0 Å². The Morgan fingerprint density at radius 3 is 2.68 bits per heavy atom. The Morgan fingerprint density at radius 2 is 2.11 bits per heavy atom. The van der Waals surface area contributed by atoms with Crippen molar-refractivity contribution in [3.63, 3.8) is 0 Å². The number of rotatable bonds is 7. The van der Waals surface area contributed by atoms with Crippen LogP contribution in [0.2, 0.25) is 0 Å². The zero-order chi connectivity index (χ0) is 14.3. The molecular weight excluding hydrogens is 250 g/mol. The van der Waals surface area contributed by atoms with Crippen LogP contribution in [-0.4, -0.2) is 49.6 Å². The normalized spacial score (nSPS) is 11.8. The lowest BCUT2D eigenvalue weighted by atomic mass is 10.1. The summed E-state index contributed by atoms with van der Waals surface area (Å²) >= 11 is 0. The van der Waals surface area contributed by atoms with E-state index in [-0.39, 0.29) is 25.5 Å². The number of hydrogen-bond acceptors (Lipinski definition) is 5. The molecule has 1 amide bonds. The molecule has 1 atom stereocenters. The van der Waals surface area contributed by atoms with Crippen molar-refractivity contribution in [1.29, 1.82) is 0 Å². The lowest BCUT2D eigenvalue weighted by molar-refractivity contribution is -0.121. The lowest BCUT2D eigenvalue weighted by Crippen LogP contribution is -2.34. The Hall–Kier alpha value is -1.79. The van der Waals surface area contributed by atoms with Crippen molar-refractivity contribution in [2.45, 2.75) is 12.5 Å². The summed E-state index contributed by atoms with van der Waals surface area (Å²) in [6, 6.07) is 5.19. The van der Waals surface area contributed by atoms with Crippen LogP contribution in [0.15, 0.2) is 18.2 Å². The highest BCUT2D eigenvalue weighted by Gasteiger charge is 2.11. The van der Waals surface area contributed by atoms with E-state index in [0.29, 0.717) is 11.5 Å². The van der Waals surface area contributed by atoms with Crippen LogP contribution in [0.5, 0.6) is 11.5 Å². The van der Waals surface area contributed by atoms with Crippen LogP contribution < -0.4 is 14.8 Å². The highest BCUT2D eigenvalue weighted by Crippen LogP contribution is 2.24. The van der Waals surface area contributed by atoms with E-state index in [1.807, 2.05) is 0 Å². The van der Waals surface area contributed by atoms with Gasteiger partial charge >= 0.3 is 0 Å². The Balaban J connectivity index is 2.63. The number of benzene rings is 1. The maximum atomic E-state index is 11.7. The summed E-state index contributed by atoms with van der Waals surface area (Å²) < 4.78 is 10.3. The average molecular weight is 269 g/mol. The van der Waals surface area contributed by atoms with Gasteiger partial charge in [0.15, 0.2) is 0 Å². The maximum absolute atomic E-state index is 11.7. The Bertz CT molecular complexity index is 421. The Morgan fingerprint density at radius 1 is 1.37 bits per heavy atom. The molecule has 0 heterocycles.